The topological polar surface area (TPSA) is 29.1 Å². The number of hydrogen-bond acceptors (Lipinski definition) is 1. The van der Waals surface area contributed by atoms with Gasteiger partial charge in [-0.15, -0.1) is 6.58 Å². The van der Waals surface area contributed by atoms with Crippen molar-refractivity contribution in [1.29, 1.82) is 0 Å². The molecule has 1 rings (SSSR count). The largest absolute Gasteiger partial charge is 0.242 e. The molecule has 0 aliphatic heterocycles. The van der Waals surface area contributed by atoms with Crippen molar-refractivity contribution >= 4 is 22.6 Å². The van der Waals surface area contributed by atoms with E-state index in [1.54, 1.807) is 6.08 Å². The highest BCUT2D eigenvalue weighted by atomic mass is 35.5. The predicted octanol–water partition coefficient (Wildman–Crippen LogP) is 4.01. The highest BCUT2D eigenvalue weighted by Gasteiger charge is 2.23. The summed E-state index contributed by atoms with van der Waals surface area (Å²) in [6.45, 7) is 9.56. The fraction of sp³-hybridized carbons (Fsp3) is 0.429. The second-order valence-corrected chi connectivity index (χ2v) is 7.50. The van der Waals surface area contributed by atoms with Crippen molar-refractivity contribution in [3.8, 4) is 0 Å². The van der Waals surface area contributed by atoms with Crippen LogP contribution in [0, 0.1) is 0 Å². The van der Waals surface area contributed by atoms with Gasteiger partial charge in [0.25, 0.3) is 0 Å². The Bertz CT molecular complexity index is 440. The molecule has 0 heterocycles. The van der Waals surface area contributed by atoms with E-state index < -0.39 is 11.0 Å². The van der Waals surface area contributed by atoms with E-state index >= 15 is 0 Å². The van der Waals surface area contributed by atoms with Gasteiger partial charge in [-0.1, -0.05) is 35.9 Å². The van der Waals surface area contributed by atoms with Gasteiger partial charge >= 0.3 is 0 Å². The second-order valence-electron chi connectivity index (χ2n) is 5.10. The summed E-state index contributed by atoms with van der Waals surface area (Å²) in [5.41, 5.74) is 0.955. The molecule has 0 bridgehead atoms. The third-order valence-corrected chi connectivity index (χ3v) is 4.44. The summed E-state index contributed by atoms with van der Waals surface area (Å²) in [5.74, 6) is 0. The van der Waals surface area contributed by atoms with Crippen LogP contribution in [-0.4, -0.2) is 8.96 Å². The lowest BCUT2D eigenvalue weighted by atomic mass is 10.1. The van der Waals surface area contributed by atoms with Crippen LogP contribution in [-0.2, 0) is 11.0 Å². The van der Waals surface area contributed by atoms with E-state index in [4.69, 9.17) is 11.6 Å². The summed E-state index contributed by atoms with van der Waals surface area (Å²) in [4.78, 5) is 0. The Kier molecular flexibility index (Phi) is 5.57. The fourth-order valence-corrected chi connectivity index (χ4v) is 2.57. The molecule has 0 aliphatic carbocycles. The molecule has 0 spiro atoms. The molecular weight excluding hydrogens is 266 g/mol. The monoisotopic (exact) mass is 285 g/mol. The smallest absolute Gasteiger partial charge is 0.0976 e. The first-order valence-electron chi connectivity index (χ1n) is 5.89. The van der Waals surface area contributed by atoms with Crippen LogP contribution in [0.5, 0.6) is 0 Å². The molecule has 0 amide bonds. The number of rotatable bonds is 5. The normalized spacial score (nSPS) is 15.1. The van der Waals surface area contributed by atoms with Crippen LogP contribution in [0.4, 0.5) is 0 Å². The Balaban J connectivity index is 2.94. The van der Waals surface area contributed by atoms with Gasteiger partial charge in [-0.25, -0.2) is 8.93 Å². The van der Waals surface area contributed by atoms with E-state index in [1.807, 2.05) is 45.0 Å². The zero-order valence-corrected chi connectivity index (χ0v) is 12.6. The maximum absolute atomic E-state index is 12.2. The molecule has 18 heavy (non-hydrogen) atoms. The van der Waals surface area contributed by atoms with Crippen LogP contribution < -0.4 is 4.72 Å². The molecule has 0 aromatic heterocycles. The minimum absolute atomic E-state index is 0.0729. The number of halogens is 1. The minimum atomic E-state index is -1.13. The molecule has 1 aromatic carbocycles. The molecular formula is C14H20ClNOS. The molecule has 1 unspecified atom stereocenters. The van der Waals surface area contributed by atoms with Crippen molar-refractivity contribution in [2.75, 3.05) is 0 Å². The summed E-state index contributed by atoms with van der Waals surface area (Å²) in [5, 5.41) is 0.683. The molecule has 0 saturated heterocycles. The van der Waals surface area contributed by atoms with Gasteiger partial charge in [0.2, 0.25) is 0 Å². The van der Waals surface area contributed by atoms with Crippen LogP contribution >= 0.6 is 11.6 Å². The average Bonchev–Trinajstić information content (AvgIpc) is 2.28. The van der Waals surface area contributed by atoms with Crippen LogP contribution in [0.25, 0.3) is 0 Å². The first kappa shape index (κ1) is 15.4. The van der Waals surface area contributed by atoms with Crippen molar-refractivity contribution in [2.24, 2.45) is 0 Å². The lowest BCUT2D eigenvalue weighted by molar-refractivity contribution is 0.602. The van der Waals surface area contributed by atoms with Crippen LogP contribution in [0.3, 0.4) is 0 Å². The molecule has 0 radical (unpaired) electrons. The number of nitrogens with one attached hydrogen (secondary N) is 1. The van der Waals surface area contributed by atoms with Gasteiger partial charge in [-0.3, -0.25) is 0 Å². The first-order valence-corrected chi connectivity index (χ1v) is 7.42. The van der Waals surface area contributed by atoms with E-state index in [0.717, 1.165) is 5.56 Å². The van der Waals surface area contributed by atoms with Crippen molar-refractivity contribution in [2.45, 2.75) is 38.0 Å². The summed E-state index contributed by atoms with van der Waals surface area (Å²) in [6, 6.07) is 7.53. The van der Waals surface area contributed by atoms with Crippen LogP contribution in [0.1, 0.15) is 38.8 Å². The summed E-state index contributed by atoms with van der Waals surface area (Å²) >= 11 is 6.18. The molecule has 2 nitrogen and oxygen atoms in total. The summed E-state index contributed by atoms with van der Waals surface area (Å²) in [7, 11) is -1.13. The van der Waals surface area contributed by atoms with Crippen molar-refractivity contribution in [3.05, 3.63) is 47.5 Å². The van der Waals surface area contributed by atoms with Gasteiger partial charge in [0.1, 0.15) is 0 Å². The number of hydrogen-bond donors (Lipinski definition) is 1. The molecule has 4 heteroatoms. The maximum Gasteiger partial charge on any atom is 0.0976 e. The molecule has 100 valence electrons. The Hall–Kier alpha value is -0.640. The molecule has 0 saturated carbocycles. The highest BCUT2D eigenvalue weighted by molar-refractivity contribution is 7.84. The Morgan fingerprint density at radius 1 is 1.44 bits per heavy atom. The standard InChI is InChI=1S/C14H20ClNOS/c1-5-8-13(16-18(17)14(2,3)4)11-9-6-7-10-12(11)15/h5-7,9-10,13,16H,1,8H2,2-4H3/t13-,18?/m0/s1. The first-order chi connectivity index (χ1) is 8.36. The van der Waals surface area contributed by atoms with Gasteiger partial charge in [-0.2, -0.15) is 0 Å². The Labute approximate surface area is 117 Å². The average molecular weight is 286 g/mol. The zero-order chi connectivity index (χ0) is 13.8. The van der Waals surface area contributed by atoms with E-state index in [0.29, 0.717) is 11.4 Å². The second kappa shape index (κ2) is 6.50. The van der Waals surface area contributed by atoms with Gasteiger partial charge in [0.15, 0.2) is 0 Å². The molecule has 1 N–H and O–H groups in total. The molecule has 0 aliphatic rings. The Morgan fingerprint density at radius 2 is 2.06 bits per heavy atom. The highest BCUT2D eigenvalue weighted by Crippen LogP contribution is 2.26. The summed E-state index contributed by atoms with van der Waals surface area (Å²) in [6.07, 6.45) is 2.49. The van der Waals surface area contributed by atoms with Crippen molar-refractivity contribution in [1.82, 2.24) is 4.72 Å². The number of benzene rings is 1. The lowest BCUT2D eigenvalue weighted by Gasteiger charge is -2.24. The van der Waals surface area contributed by atoms with Gasteiger partial charge < -0.3 is 0 Å². The van der Waals surface area contributed by atoms with Gasteiger partial charge in [-0.05, 0) is 38.8 Å². The maximum atomic E-state index is 12.2. The van der Waals surface area contributed by atoms with Gasteiger partial charge in [0, 0.05) is 11.1 Å². The minimum Gasteiger partial charge on any atom is -0.242 e. The molecule has 2 atom stereocenters. The third-order valence-electron chi connectivity index (χ3n) is 2.49. The molecule has 1 aromatic rings. The van der Waals surface area contributed by atoms with E-state index in [9.17, 15) is 4.21 Å². The van der Waals surface area contributed by atoms with E-state index in [2.05, 4.69) is 11.3 Å². The third kappa shape index (κ3) is 4.23. The Morgan fingerprint density at radius 3 is 2.56 bits per heavy atom. The van der Waals surface area contributed by atoms with Crippen LogP contribution in [0.2, 0.25) is 5.02 Å². The SMILES string of the molecule is C=CC[C@H](NS(=O)C(C)(C)C)c1ccccc1Cl. The van der Waals surface area contributed by atoms with Crippen molar-refractivity contribution in [3.63, 3.8) is 0 Å². The summed E-state index contributed by atoms with van der Waals surface area (Å²) < 4.78 is 15.0. The van der Waals surface area contributed by atoms with Crippen LogP contribution in [0.15, 0.2) is 36.9 Å². The quantitative estimate of drug-likeness (QED) is 0.814. The van der Waals surface area contributed by atoms with Crippen molar-refractivity contribution < 1.29 is 4.21 Å². The van der Waals surface area contributed by atoms with Gasteiger partial charge in [0.05, 0.1) is 15.7 Å². The molecule has 0 fully saturated rings. The predicted molar refractivity (Wildman–Crippen MR) is 80.0 cm³/mol. The van der Waals surface area contributed by atoms with E-state index in [-0.39, 0.29) is 10.8 Å². The fourth-order valence-electron chi connectivity index (χ4n) is 1.47. The zero-order valence-electron chi connectivity index (χ0n) is 11.1. The lowest BCUT2D eigenvalue weighted by Crippen LogP contribution is -2.35. The van der Waals surface area contributed by atoms with E-state index in [1.165, 1.54) is 0 Å².